The molecule has 0 bridgehead atoms. The first-order valence-electron chi connectivity index (χ1n) is 7.32. The summed E-state index contributed by atoms with van der Waals surface area (Å²) in [4.78, 5) is 23.6. The van der Waals surface area contributed by atoms with Crippen molar-refractivity contribution >= 4 is 23.2 Å². The van der Waals surface area contributed by atoms with Crippen LogP contribution in [0.2, 0.25) is 0 Å². The minimum absolute atomic E-state index is 0.0455. The lowest BCUT2D eigenvalue weighted by Gasteiger charge is -2.11. The lowest BCUT2D eigenvalue weighted by atomic mass is 10.1. The van der Waals surface area contributed by atoms with Gasteiger partial charge in [-0.25, -0.2) is 0 Å². The molecule has 0 aliphatic rings. The van der Waals surface area contributed by atoms with Crippen molar-refractivity contribution in [3.05, 3.63) is 59.7 Å². The van der Waals surface area contributed by atoms with Crippen LogP contribution in [0.15, 0.2) is 48.5 Å². The molecular weight excluding hydrogens is 276 g/mol. The second-order valence-corrected chi connectivity index (χ2v) is 5.14. The molecule has 2 rings (SSSR count). The Balaban J connectivity index is 2.04. The first-order valence-corrected chi connectivity index (χ1v) is 7.32. The highest BCUT2D eigenvalue weighted by Gasteiger charge is 2.07. The minimum atomic E-state index is -0.0807. The quantitative estimate of drug-likeness (QED) is 0.887. The molecular formula is C18H20N2O2. The van der Waals surface area contributed by atoms with E-state index >= 15 is 0 Å². The van der Waals surface area contributed by atoms with Crippen LogP contribution in [0.4, 0.5) is 11.4 Å². The third-order valence-corrected chi connectivity index (χ3v) is 3.32. The Bertz CT molecular complexity index is 666. The number of rotatable bonds is 5. The molecule has 22 heavy (non-hydrogen) atoms. The van der Waals surface area contributed by atoms with Gasteiger partial charge in [0, 0.05) is 17.8 Å². The maximum Gasteiger partial charge on any atom is 0.228 e. The molecule has 0 spiro atoms. The number of carbonyl (C=O) groups is 2. The van der Waals surface area contributed by atoms with Crippen molar-refractivity contribution in [2.45, 2.75) is 26.7 Å². The molecule has 0 aliphatic carbocycles. The molecule has 0 radical (unpaired) electrons. The summed E-state index contributed by atoms with van der Waals surface area (Å²) in [5.74, 6) is -0.126. The van der Waals surface area contributed by atoms with E-state index < -0.39 is 0 Å². The van der Waals surface area contributed by atoms with E-state index in [1.807, 2.05) is 49.4 Å². The predicted octanol–water partition coefficient (Wildman–Crippen LogP) is 3.52. The molecule has 2 N–H and O–H groups in total. The number of benzene rings is 2. The fourth-order valence-corrected chi connectivity index (χ4v) is 2.06. The topological polar surface area (TPSA) is 58.2 Å². The largest absolute Gasteiger partial charge is 0.326 e. The van der Waals surface area contributed by atoms with Gasteiger partial charge in [0.2, 0.25) is 11.8 Å². The normalized spacial score (nSPS) is 10.1. The fourth-order valence-electron chi connectivity index (χ4n) is 2.06. The molecule has 0 aromatic heterocycles. The van der Waals surface area contributed by atoms with Crippen molar-refractivity contribution < 1.29 is 9.59 Å². The van der Waals surface area contributed by atoms with Gasteiger partial charge in [0.25, 0.3) is 0 Å². The molecule has 2 aromatic rings. The van der Waals surface area contributed by atoms with Gasteiger partial charge in [-0.3, -0.25) is 9.59 Å². The first-order chi connectivity index (χ1) is 10.6. The Kier molecular flexibility index (Phi) is 5.31. The third kappa shape index (κ3) is 4.45. The molecule has 0 fully saturated rings. The maximum absolute atomic E-state index is 12.1. The summed E-state index contributed by atoms with van der Waals surface area (Å²) in [6.07, 6.45) is 0.745. The van der Waals surface area contributed by atoms with Crippen LogP contribution in [0.5, 0.6) is 0 Å². The zero-order valence-corrected chi connectivity index (χ0v) is 12.8. The Morgan fingerprint density at radius 2 is 1.68 bits per heavy atom. The molecule has 0 atom stereocenters. The average molecular weight is 296 g/mol. The summed E-state index contributed by atoms with van der Waals surface area (Å²) >= 11 is 0. The molecule has 0 heterocycles. The van der Waals surface area contributed by atoms with E-state index in [2.05, 4.69) is 10.6 Å². The molecule has 114 valence electrons. The van der Waals surface area contributed by atoms with E-state index in [9.17, 15) is 9.59 Å². The highest BCUT2D eigenvalue weighted by Crippen LogP contribution is 2.20. The van der Waals surface area contributed by atoms with Gasteiger partial charge >= 0.3 is 0 Å². The van der Waals surface area contributed by atoms with E-state index in [0.29, 0.717) is 18.5 Å². The van der Waals surface area contributed by atoms with Crippen LogP contribution in [0, 0.1) is 6.92 Å². The SMILES string of the molecule is CCC(=O)Nc1cc(NC(=O)Cc2ccccc2)ccc1C. The molecule has 0 saturated carbocycles. The van der Waals surface area contributed by atoms with Crippen LogP contribution in [0.1, 0.15) is 24.5 Å². The standard InChI is InChI=1S/C18H20N2O2/c1-3-17(21)20-16-12-15(10-9-13(16)2)19-18(22)11-14-7-5-4-6-8-14/h4-10,12H,3,11H2,1-2H3,(H,19,22)(H,20,21). The zero-order chi connectivity index (χ0) is 15.9. The number of anilines is 2. The Labute approximate surface area is 130 Å². The second kappa shape index (κ2) is 7.41. The predicted molar refractivity (Wildman–Crippen MR) is 88.9 cm³/mol. The van der Waals surface area contributed by atoms with Crippen LogP contribution in [0.25, 0.3) is 0 Å². The summed E-state index contributed by atoms with van der Waals surface area (Å²) in [5, 5.41) is 5.69. The highest BCUT2D eigenvalue weighted by molar-refractivity contribution is 5.95. The molecule has 0 saturated heterocycles. The smallest absolute Gasteiger partial charge is 0.228 e. The van der Waals surface area contributed by atoms with E-state index in [4.69, 9.17) is 0 Å². The molecule has 2 aromatic carbocycles. The summed E-state index contributed by atoms with van der Waals surface area (Å²) < 4.78 is 0. The lowest BCUT2D eigenvalue weighted by molar-refractivity contribution is -0.116. The van der Waals surface area contributed by atoms with Crippen molar-refractivity contribution in [2.75, 3.05) is 10.6 Å². The van der Waals surface area contributed by atoms with Gasteiger partial charge in [0.05, 0.1) is 6.42 Å². The zero-order valence-electron chi connectivity index (χ0n) is 12.8. The summed E-state index contributed by atoms with van der Waals surface area (Å²) in [7, 11) is 0. The van der Waals surface area contributed by atoms with Gasteiger partial charge in [-0.2, -0.15) is 0 Å². The van der Waals surface area contributed by atoms with Gasteiger partial charge in [-0.1, -0.05) is 43.3 Å². The molecule has 4 nitrogen and oxygen atoms in total. The molecule has 2 amide bonds. The lowest BCUT2D eigenvalue weighted by Crippen LogP contribution is -2.15. The van der Waals surface area contributed by atoms with Crippen molar-refractivity contribution in [2.24, 2.45) is 0 Å². The highest BCUT2D eigenvalue weighted by atomic mass is 16.2. The molecule has 0 aliphatic heterocycles. The minimum Gasteiger partial charge on any atom is -0.326 e. The number of hydrogen-bond donors (Lipinski definition) is 2. The number of amides is 2. The van der Waals surface area contributed by atoms with Crippen molar-refractivity contribution in [1.82, 2.24) is 0 Å². The maximum atomic E-state index is 12.1. The number of nitrogens with one attached hydrogen (secondary N) is 2. The van der Waals surface area contributed by atoms with Crippen molar-refractivity contribution in [1.29, 1.82) is 0 Å². The van der Waals surface area contributed by atoms with Gasteiger partial charge in [0.15, 0.2) is 0 Å². The average Bonchev–Trinajstić information content (AvgIpc) is 2.51. The Morgan fingerprint density at radius 1 is 0.955 bits per heavy atom. The number of carbonyl (C=O) groups excluding carboxylic acids is 2. The van der Waals surface area contributed by atoms with E-state index in [1.54, 1.807) is 13.0 Å². The summed E-state index contributed by atoms with van der Waals surface area (Å²) in [5.41, 5.74) is 3.33. The van der Waals surface area contributed by atoms with Crippen LogP contribution >= 0.6 is 0 Å². The van der Waals surface area contributed by atoms with Gasteiger partial charge in [0.1, 0.15) is 0 Å². The van der Waals surface area contributed by atoms with Crippen LogP contribution < -0.4 is 10.6 Å². The van der Waals surface area contributed by atoms with Crippen molar-refractivity contribution in [3.63, 3.8) is 0 Å². The Morgan fingerprint density at radius 3 is 2.36 bits per heavy atom. The van der Waals surface area contributed by atoms with Gasteiger partial charge in [-0.05, 0) is 30.2 Å². The van der Waals surface area contributed by atoms with E-state index in [1.165, 1.54) is 0 Å². The van der Waals surface area contributed by atoms with Crippen LogP contribution in [0.3, 0.4) is 0 Å². The van der Waals surface area contributed by atoms with Crippen LogP contribution in [-0.2, 0) is 16.0 Å². The fraction of sp³-hybridized carbons (Fsp3) is 0.222. The van der Waals surface area contributed by atoms with Crippen molar-refractivity contribution in [3.8, 4) is 0 Å². The third-order valence-electron chi connectivity index (χ3n) is 3.32. The van der Waals surface area contributed by atoms with Gasteiger partial charge < -0.3 is 10.6 Å². The van der Waals surface area contributed by atoms with Gasteiger partial charge in [-0.15, -0.1) is 0 Å². The summed E-state index contributed by atoms with van der Waals surface area (Å²) in [6.45, 7) is 3.72. The number of hydrogen-bond acceptors (Lipinski definition) is 2. The molecule has 4 heteroatoms. The van der Waals surface area contributed by atoms with E-state index in [0.717, 1.165) is 16.8 Å². The molecule has 0 unspecified atom stereocenters. The Hall–Kier alpha value is -2.62. The number of aryl methyl sites for hydroxylation is 1. The van der Waals surface area contributed by atoms with E-state index in [-0.39, 0.29) is 11.8 Å². The monoisotopic (exact) mass is 296 g/mol. The van der Waals surface area contributed by atoms with Crippen LogP contribution in [-0.4, -0.2) is 11.8 Å². The first kappa shape index (κ1) is 15.8. The second-order valence-electron chi connectivity index (χ2n) is 5.14. The summed E-state index contributed by atoms with van der Waals surface area (Å²) in [6, 6.07) is 15.1.